The van der Waals surface area contributed by atoms with Gasteiger partial charge in [0.1, 0.15) is 11.6 Å². The Hall–Kier alpha value is -3.11. The van der Waals surface area contributed by atoms with Gasteiger partial charge in [0.2, 0.25) is 0 Å². The maximum atomic E-state index is 9.67. The van der Waals surface area contributed by atoms with Crippen molar-refractivity contribution >= 4 is 11.0 Å². The second kappa shape index (κ2) is 4.69. The van der Waals surface area contributed by atoms with E-state index in [4.69, 9.17) is 10.7 Å². The molecule has 24 heavy (non-hydrogen) atoms. The summed E-state index contributed by atoms with van der Waals surface area (Å²) in [5.74, 6) is 1.01. The molecule has 0 saturated heterocycles. The second-order valence-electron chi connectivity index (χ2n) is 6.12. The van der Waals surface area contributed by atoms with Gasteiger partial charge in [-0.2, -0.15) is 0 Å². The number of fused-ring (bicyclic) bond motifs is 4. The number of aromatic nitrogens is 2. The Morgan fingerprint density at radius 3 is 2.62 bits per heavy atom. The number of hydrogen-bond acceptors (Lipinski definition) is 3. The minimum absolute atomic E-state index is 0.107. The van der Waals surface area contributed by atoms with Crippen molar-refractivity contribution in [3.8, 4) is 28.3 Å². The van der Waals surface area contributed by atoms with Crippen molar-refractivity contribution in [1.82, 2.24) is 9.97 Å². The fourth-order valence-electron chi connectivity index (χ4n) is 3.62. The Bertz CT molecular complexity index is 1100. The molecule has 116 valence electrons. The molecule has 0 bridgehead atoms. The standard InChI is InChI=1S/C20H15N3O/c21-19-13-5-2-1-4-12(13)18-14(19)6-3-7-15(18)20-22-16-9-8-11(24)10-17(16)23-20/h1-10,19,24H,21H2,(H,22,23)/t19-/m1/s1. The van der Waals surface area contributed by atoms with E-state index >= 15 is 0 Å². The summed E-state index contributed by atoms with van der Waals surface area (Å²) in [5, 5.41) is 9.67. The lowest BCUT2D eigenvalue weighted by Gasteiger charge is -2.08. The zero-order valence-electron chi connectivity index (χ0n) is 12.8. The smallest absolute Gasteiger partial charge is 0.139 e. The average molecular weight is 313 g/mol. The lowest BCUT2D eigenvalue weighted by molar-refractivity contribution is 0.476. The van der Waals surface area contributed by atoms with Crippen LogP contribution in [0, 0.1) is 0 Å². The van der Waals surface area contributed by atoms with E-state index in [0.717, 1.165) is 39.1 Å². The van der Waals surface area contributed by atoms with E-state index in [1.807, 2.05) is 24.3 Å². The number of benzene rings is 3. The zero-order chi connectivity index (χ0) is 16.3. The Morgan fingerprint density at radius 2 is 1.71 bits per heavy atom. The van der Waals surface area contributed by atoms with Crippen molar-refractivity contribution in [1.29, 1.82) is 0 Å². The highest BCUT2D eigenvalue weighted by molar-refractivity contribution is 5.91. The first kappa shape index (κ1) is 13.3. The quantitative estimate of drug-likeness (QED) is 0.498. The van der Waals surface area contributed by atoms with Crippen LogP contribution in [0.3, 0.4) is 0 Å². The number of aromatic hydroxyl groups is 1. The van der Waals surface area contributed by atoms with Crippen LogP contribution in [0.1, 0.15) is 17.2 Å². The molecule has 0 unspecified atom stereocenters. The molecule has 0 saturated carbocycles. The van der Waals surface area contributed by atoms with Crippen LogP contribution in [-0.4, -0.2) is 15.1 Å². The number of nitrogens with two attached hydrogens (primary N) is 1. The van der Waals surface area contributed by atoms with Crippen molar-refractivity contribution in [2.24, 2.45) is 5.73 Å². The number of aromatic amines is 1. The highest BCUT2D eigenvalue weighted by Gasteiger charge is 2.28. The molecule has 5 rings (SSSR count). The van der Waals surface area contributed by atoms with E-state index in [9.17, 15) is 5.11 Å². The first-order valence-corrected chi connectivity index (χ1v) is 7.89. The predicted octanol–water partition coefficient (Wildman–Crippen LogP) is 3.96. The van der Waals surface area contributed by atoms with E-state index in [1.165, 1.54) is 5.56 Å². The molecule has 4 nitrogen and oxygen atoms in total. The predicted molar refractivity (Wildman–Crippen MR) is 94.7 cm³/mol. The molecule has 4 N–H and O–H groups in total. The van der Waals surface area contributed by atoms with Crippen molar-refractivity contribution in [3.63, 3.8) is 0 Å². The SMILES string of the molecule is N[C@@H]1c2ccccc2-c2c(-c3nc4ccc(O)cc4[nH]3)cccc21. The molecule has 0 radical (unpaired) electrons. The highest BCUT2D eigenvalue weighted by Crippen LogP contribution is 2.46. The topological polar surface area (TPSA) is 74.9 Å². The Morgan fingerprint density at radius 1 is 0.917 bits per heavy atom. The van der Waals surface area contributed by atoms with Gasteiger partial charge in [0, 0.05) is 11.6 Å². The summed E-state index contributed by atoms with van der Waals surface area (Å²) >= 11 is 0. The Balaban J connectivity index is 1.79. The van der Waals surface area contributed by atoms with E-state index in [0.29, 0.717) is 0 Å². The van der Waals surface area contributed by atoms with Gasteiger partial charge in [-0.15, -0.1) is 0 Å². The van der Waals surface area contributed by atoms with Crippen molar-refractivity contribution in [2.75, 3.05) is 0 Å². The van der Waals surface area contributed by atoms with Crippen LogP contribution in [0.25, 0.3) is 33.5 Å². The molecule has 1 aromatic heterocycles. The molecular formula is C20H15N3O. The third kappa shape index (κ3) is 1.74. The zero-order valence-corrected chi connectivity index (χ0v) is 12.8. The van der Waals surface area contributed by atoms with E-state index < -0.39 is 0 Å². The number of nitrogens with one attached hydrogen (secondary N) is 1. The van der Waals surface area contributed by atoms with Crippen molar-refractivity contribution in [3.05, 3.63) is 71.8 Å². The first-order chi connectivity index (χ1) is 11.7. The van der Waals surface area contributed by atoms with Gasteiger partial charge in [0.25, 0.3) is 0 Å². The Kier molecular flexibility index (Phi) is 2.61. The third-order valence-corrected chi connectivity index (χ3v) is 4.72. The summed E-state index contributed by atoms with van der Waals surface area (Å²) < 4.78 is 0. The summed E-state index contributed by atoms with van der Waals surface area (Å²) in [6.07, 6.45) is 0. The summed E-state index contributed by atoms with van der Waals surface area (Å²) in [7, 11) is 0. The van der Waals surface area contributed by atoms with Gasteiger partial charge in [-0.3, -0.25) is 0 Å². The minimum atomic E-state index is -0.107. The van der Waals surface area contributed by atoms with Gasteiger partial charge in [-0.05, 0) is 34.4 Å². The molecular weight excluding hydrogens is 298 g/mol. The fraction of sp³-hybridized carbons (Fsp3) is 0.0500. The molecule has 0 fully saturated rings. The second-order valence-corrected chi connectivity index (χ2v) is 6.12. The third-order valence-electron chi connectivity index (χ3n) is 4.72. The molecule has 3 aromatic carbocycles. The monoisotopic (exact) mass is 313 g/mol. The van der Waals surface area contributed by atoms with Crippen LogP contribution < -0.4 is 5.73 Å². The number of imidazole rings is 1. The van der Waals surface area contributed by atoms with Gasteiger partial charge >= 0.3 is 0 Å². The summed E-state index contributed by atoms with van der Waals surface area (Å²) in [5.41, 5.74) is 13.7. The first-order valence-electron chi connectivity index (χ1n) is 7.89. The lowest BCUT2D eigenvalue weighted by atomic mass is 9.99. The highest BCUT2D eigenvalue weighted by atomic mass is 16.3. The molecule has 4 aromatic rings. The molecule has 4 heteroatoms. The van der Waals surface area contributed by atoms with Gasteiger partial charge in [-0.1, -0.05) is 42.5 Å². The number of nitrogens with zero attached hydrogens (tertiary/aromatic N) is 1. The summed E-state index contributed by atoms with van der Waals surface area (Å²) in [6.45, 7) is 0. The van der Waals surface area contributed by atoms with Crippen LogP contribution in [-0.2, 0) is 0 Å². The number of hydrogen-bond donors (Lipinski definition) is 3. The van der Waals surface area contributed by atoms with Crippen LogP contribution in [0.5, 0.6) is 5.75 Å². The van der Waals surface area contributed by atoms with Crippen LogP contribution in [0.2, 0.25) is 0 Å². The number of rotatable bonds is 1. The maximum Gasteiger partial charge on any atom is 0.139 e. The average Bonchev–Trinajstić information content (AvgIpc) is 3.15. The fourth-order valence-corrected chi connectivity index (χ4v) is 3.62. The van der Waals surface area contributed by atoms with Gasteiger partial charge < -0.3 is 15.8 Å². The van der Waals surface area contributed by atoms with Crippen molar-refractivity contribution < 1.29 is 5.11 Å². The lowest BCUT2D eigenvalue weighted by Crippen LogP contribution is -2.07. The largest absolute Gasteiger partial charge is 0.508 e. The molecule has 0 amide bonds. The van der Waals surface area contributed by atoms with E-state index in [1.54, 1.807) is 12.1 Å². The normalized spacial score (nSPS) is 15.5. The van der Waals surface area contributed by atoms with Crippen LogP contribution in [0.4, 0.5) is 0 Å². The van der Waals surface area contributed by atoms with Crippen LogP contribution >= 0.6 is 0 Å². The van der Waals surface area contributed by atoms with Crippen molar-refractivity contribution in [2.45, 2.75) is 6.04 Å². The van der Waals surface area contributed by atoms with E-state index in [2.05, 4.69) is 29.2 Å². The van der Waals surface area contributed by atoms with E-state index in [-0.39, 0.29) is 11.8 Å². The minimum Gasteiger partial charge on any atom is -0.508 e. The number of phenolic OH excluding ortho intramolecular Hbond substituents is 1. The number of H-pyrrole nitrogens is 1. The summed E-state index contributed by atoms with van der Waals surface area (Å²) in [4.78, 5) is 8.01. The Labute approximate surface area is 138 Å². The molecule has 0 spiro atoms. The van der Waals surface area contributed by atoms with Gasteiger partial charge in [0.05, 0.1) is 17.1 Å². The molecule has 1 aliphatic rings. The molecule has 0 aliphatic heterocycles. The van der Waals surface area contributed by atoms with Gasteiger partial charge in [-0.25, -0.2) is 4.98 Å². The maximum absolute atomic E-state index is 9.67. The molecule has 1 aliphatic carbocycles. The molecule has 1 heterocycles. The number of phenols is 1. The summed E-state index contributed by atoms with van der Waals surface area (Å²) in [6, 6.07) is 19.5. The van der Waals surface area contributed by atoms with Gasteiger partial charge in [0.15, 0.2) is 0 Å². The van der Waals surface area contributed by atoms with Crippen LogP contribution in [0.15, 0.2) is 60.7 Å². The molecule has 1 atom stereocenters.